The van der Waals surface area contributed by atoms with E-state index in [1.807, 2.05) is 0 Å². The van der Waals surface area contributed by atoms with Crippen LogP contribution in [0.2, 0.25) is 0 Å². The summed E-state index contributed by atoms with van der Waals surface area (Å²) in [4.78, 5) is 24.4. The Hall–Kier alpha value is -2.24. The zero-order valence-corrected chi connectivity index (χ0v) is 16.2. The Labute approximate surface area is 160 Å². The summed E-state index contributed by atoms with van der Waals surface area (Å²) in [6, 6.07) is 4.83. The average molecular weight is 376 g/mol. The average Bonchev–Trinajstić information content (AvgIpc) is 2.65. The van der Waals surface area contributed by atoms with Gasteiger partial charge in [-0.05, 0) is 48.8 Å². The van der Waals surface area contributed by atoms with Crippen molar-refractivity contribution in [2.45, 2.75) is 46.1 Å². The van der Waals surface area contributed by atoms with Crippen molar-refractivity contribution in [1.29, 1.82) is 0 Å². The van der Waals surface area contributed by atoms with Crippen molar-refractivity contribution in [3.8, 4) is 11.5 Å². The van der Waals surface area contributed by atoms with Gasteiger partial charge in [-0.1, -0.05) is 27.2 Å². The summed E-state index contributed by atoms with van der Waals surface area (Å²) in [5.74, 6) is 1.39. The maximum atomic E-state index is 12.2. The van der Waals surface area contributed by atoms with Crippen LogP contribution in [-0.2, 0) is 14.3 Å². The van der Waals surface area contributed by atoms with E-state index in [9.17, 15) is 9.59 Å². The molecule has 6 heteroatoms. The van der Waals surface area contributed by atoms with Crippen LogP contribution in [-0.4, -0.2) is 37.9 Å². The zero-order chi connectivity index (χ0) is 19.4. The first-order valence-corrected chi connectivity index (χ1v) is 9.70. The molecule has 0 unspecified atom stereocenters. The monoisotopic (exact) mass is 376 g/mol. The Morgan fingerprint density at radius 3 is 2.63 bits per heavy atom. The van der Waals surface area contributed by atoms with Crippen molar-refractivity contribution >= 4 is 11.9 Å². The van der Waals surface area contributed by atoms with Crippen LogP contribution in [0.3, 0.4) is 0 Å². The molecule has 0 N–H and O–H groups in total. The van der Waals surface area contributed by atoms with E-state index in [1.165, 1.54) is 0 Å². The van der Waals surface area contributed by atoms with E-state index in [0.29, 0.717) is 48.0 Å². The molecule has 1 saturated carbocycles. The normalized spacial score (nSPS) is 24.4. The molecule has 27 heavy (non-hydrogen) atoms. The molecule has 0 spiro atoms. The first-order chi connectivity index (χ1) is 12.9. The fourth-order valence-corrected chi connectivity index (χ4v) is 3.83. The third kappa shape index (κ3) is 4.93. The topological polar surface area (TPSA) is 71.1 Å². The molecule has 1 heterocycles. The second-order valence-corrected chi connectivity index (χ2v) is 7.79. The van der Waals surface area contributed by atoms with E-state index < -0.39 is 11.9 Å². The Kier molecular flexibility index (Phi) is 6.24. The van der Waals surface area contributed by atoms with Gasteiger partial charge in [-0.25, -0.2) is 9.59 Å². The molecule has 1 aliphatic heterocycles. The van der Waals surface area contributed by atoms with Gasteiger partial charge in [-0.15, -0.1) is 0 Å². The van der Waals surface area contributed by atoms with Gasteiger partial charge < -0.3 is 18.9 Å². The second-order valence-electron chi connectivity index (χ2n) is 7.79. The van der Waals surface area contributed by atoms with Gasteiger partial charge in [-0.2, -0.15) is 0 Å². The van der Waals surface area contributed by atoms with E-state index >= 15 is 0 Å². The van der Waals surface area contributed by atoms with Crippen molar-refractivity contribution in [3.63, 3.8) is 0 Å². The zero-order valence-electron chi connectivity index (χ0n) is 16.2. The number of benzene rings is 1. The van der Waals surface area contributed by atoms with E-state index in [0.717, 1.165) is 19.3 Å². The van der Waals surface area contributed by atoms with Crippen LogP contribution in [0, 0.1) is 17.8 Å². The Morgan fingerprint density at radius 1 is 1.15 bits per heavy atom. The lowest BCUT2D eigenvalue weighted by Gasteiger charge is -2.36. The number of carbonyl (C=O) groups excluding carboxylic acids is 2. The lowest BCUT2D eigenvalue weighted by molar-refractivity contribution is -0.159. The highest BCUT2D eigenvalue weighted by Gasteiger charge is 2.33. The Morgan fingerprint density at radius 2 is 1.89 bits per heavy atom. The van der Waals surface area contributed by atoms with Gasteiger partial charge in [-0.3, -0.25) is 0 Å². The number of esters is 2. The summed E-state index contributed by atoms with van der Waals surface area (Å²) in [5, 5.41) is 0. The molecule has 0 aromatic heterocycles. The maximum Gasteiger partial charge on any atom is 0.344 e. The van der Waals surface area contributed by atoms with Crippen LogP contribution in [0.25, 0.3) is 0 Å². The van der Waals surface area contributed by atoms with Gasteiger partial charge in [0, 0.05) is 0 Å². The van der Waals surface area contributed by atoms with E-state index in [2.05, 4.69) is 20.8 Å². The van der Waals surface area contributed by atoms with Crippen molar-refractivity contribution in [2.24, 2.45) is 17.8 Å². The predicted molar refractivity (Wildman–Crippen MR) is 98.9 cm³/mol. The molecule has 3 rings (SSSR count). The predicted octanol–water partition coefficient (Wildman–Crippen LogP) is 3.62. The number of rotatable bonds is 5. The summed E-state index contributed by atoms with van der Waals surface area (Å²) in [7, 11) is 0. The molecular weight excluding hydrogens is 348 g/mol. The van der Waals surface area contributed by atoms with E-state index in [1.54, 1.807) is 18.2 Å². The van der Waals surface area contributed by atoms with Crippen LogP contribution in [0.1, 0.15) is 50.4 Å². The number of carbonyl (C=O) groups is 2. The summed E-state index contributed by atoms with van der Waals surface area (Å²) < 4.78 is 21.7. The molecule has 0 saturated heterocycles. The summed E-state index contributed by atoms with van der Waals surface area (Å²) >= 11 is 0. The lowest BCUT2D eigenvalue weighted by Crippen LogP contribution is -2.36. The minimum absolute atomic E-state index is 0.103. The first-order valence-electron chi connectivity index (χ1n) is 9.70. The van der Waals surface area contributed by atoms with Crippen LogP contribution >= 0.6 is 0 Å². The van der Waals surface area contributed by atoms with E-state index in [-0.39, 0.29) is 12.7 Å². The highest BCUT2D eigenvalue weighted by Crippen LogP contribution is 2.35. The maximum absolute atomic E-state index is 12.2. The molecule has 1 aromatic carbocycles. The largest absolute Gasteiger partial charge is 0.486 e. The summed E-state index contributed by atoms with van der Waals surface area (Å²) in [6.07, 6.45) is 2.99. The minimum atomic E-state index is -0.582. The van der Waals surface area contributed by atoms with Crippen LogP contribution < -0.4 is 9.47 Å². The number of fused-ring (bicyclic) bond motifs is 1. The summed E-state index contributed by atoms with van der Waals surface area (Å²) in [6.45, 7) is 7.03. The van der Waals surface area contributed by atoms with Gasteiger partial charge in [0.1, 0.15) is 19.3 Å². The molecule has 2 aliphatic rings. The molecule has 148 valence electrons. The molecule has 3 atom stereocenters. The molecule has 0 radical (unpaired) electrons. The fraction of sp³-hybridized carbons (Fsp3) is 0.619. The van der Waals surface area contributed by atoms with Crippen molar-refractivity contribution in [2.75, 3.05) is 19.8 Å². The highest BCUT2D eigenvalue weighted by molar-refractivity contribution is 5.91. The SMILES string of the molecule is CC(C)[C@H]1CC[C@@H](C)C[C@@H]1OC(=O)COC(=O)c1ccc2c(c1)OCCO2. The van der Waals surface area contributed by atoms with Crippen molar-refractivity contribution < 1.29 is 28.5 Å². The Bertz CT molecular complexity index is 683. The second kappa shape index (κ2) is 8.63. The summed E-state index contributed by atoms with van der Waals surface area (Å²) in [5.41, 5.74) is 0.318. The molecule has 1 aromatic rings. The molecule has 1 fully saturated rings. The highest BCUT2D eigenvalue weighted by atomic mass is 16.6. The minimum Gasteiger partial charge on any atom is -0.486 e. The van der Waals surface area contributed by atoms with E-state index in [4.69, 9.17) is 18.9 Å². The van der Waals surface area contributed by atoms with Crippen LogP contribution in [0.5, 0.6) is 11.5 Å². The third-order valence-electron chi connectivity index (χ3n) is 5.34. The quantitative estimate of drug-likeness (QED) is 0.731. The van der Waals surface area contributed by atoms with Gasteiger partial charge in [0.05, 0.1) is 5.56 Å². The third-order valence-corrected chi connectivity index (χ3v) is 5.34. The van der Waals surface area contributed by atoms with Gasteiger partial charge in [0.2, 0.25) is 0 Å². The molecule has 6 nitrogen and oxygen atoms in total. The van der Waals surface area contributed by atoms with Gasteiger partial charge in [0.25, 0.3) is 0 Å². The fourth-order valence-electron chi connectivity index (χ4n) is 3.83. The molecular formula is C21H28O6. The number of hydrogen-bond donors (Lipinski definition) is 0. The van der Waals surface area contributed by atoms with Gasteiger partial charge in [0.15, 0.2) is 18.1 Å². The standard InChI is InChI=1S/C21H28O6/c1-13(2)16-6-4-14(3)10-18(16)27-20(22)12-26-21(23)15-5-7-17-19(11-15)25-9-8-24-17/h5,7,11,13-14,16,18H,4,6,8-10,12H2,1-3H3/t14-,16-,18+/m1/s1. The molecule has 0 amide bonds. The smallest absolute Gasteiger partial charge is 0.344 e. The van der Waals surface area contributed by atoms with Crippen molar-refractivity contribution in [1.82, 2.24) is 0 Å². The number of ether oxygens (including phenoxy) is 4. The van der Waals surface area contributed by atoms with Gasteiger partial charge >= 0.3 is 11.9 Å². The molecule has 0 bridgehead atoms. The van der Waals surface area contributed by atoms with Crippen LogP contribution in [0.4, 0.5) is 0 Å². The number of hydrogen-bond acceptors (Lipinski definition) is 6. The van der Waals surface area contributed by atoms with Crippen LogP contribution in [0.15, 0.2) is 18.2 Å². The Balaban J connectivity index is 1.53. The first kappa shape index (κ1) is 19.5. The molecule has 1 aliphatic carbocycles. The lowest BCUT2D eigenvalue weighted by atomic mass is 9.75. The van der Waals surface area contributed by atoms with Crippen molar-refractivity contribution in [3.05, 3.63) is 23.8 Å².